The molecule has 1 aromatic carbocycles. The van der Waals surface area contributed by atoms with E-state index in [4.69, 9.17) is 9.47 Å². The smallest absolute Gasteiger partial charge is 0.338 e. The average Bonchev–Trinajstić information content (AvgIpc) is 3.42. The number of aryl methyl sites for hydroxylation is 1. The van der Waals surface area contributed by atoms with Gasteiger partial charge in [0.25, 0.3) is 0 Å². The van der Waals surface area contributed by atoms with E-state index in [1.54, 1.807) is 31.5 Å². The van der Waals surface area contributed by atoms with Crippen molar-refractivity contribution in [3.63, 3.8) is 0 Å². The van der Waals surface area contributed by atoms with Crippen molar-refractivity contribution >= 4 is 38.0 Å². The maximum absolute atomic E-state index is 14.2. The third kappa shape index (κ3) is 3.93. The van der Waals surface area contributed by atoms with Gasteiger partial charge in [0.2, 0.25) is 10.0 Å². The molecule has 3 atom stereocenters. The highest BCUT2D eigenvalue weighted by molar-refractivity contribution is 7.93. The number of methoxy groups -OCH3 is 2. The number of ketones is 1. The van der Waals surface area contributed by atoms with Gasteiger partial charge in [-0.2, -0.15) is 8.96 Å². The summed E-state index contributed by atoms with van der Waals surface area (Å²) in [6.45, 7) is 7.71. The molecule has 38 heavy (non-hydrogen) atoms. The number of aromatic nitrogens is 3. The summed E-state index contributed by atoms with van der Waals surface area (Å²) in [7, 11) is -1.06. The van der Waals surface area contributed by atoms with Crippen molar-refractivity contribution in [1.29, 1.82) is 0 Å². The van der Waals surface area contributed by atoms with Crippen LogP contribution in [-0.2, 0) is 31.7 Å². The Morgan fingerprint density at radius 1 is 1.21 bits per heavy atom. The van der Waals surface area contributed by atoms with Crippen LogP contribution in [0.1, 0.15) is 49.9 Å². The first kappa shape index (κ1) is 27.0. The molecule has 3 aromatic rings. The predicted octanol–water partition coefficient (Wildman–Crippen LogP) is 3.95. The second-order valence-electron chi connectivity index (χ2n) is 11.0. The monoisotopic (exact) mass is 559 g/mol. The molecule has 2 saturated carbocycles. The van der Waals surface area contributed by atoms with Crippen molar-refractivity contribution in [3.05, 3.63) is 41.2 Å². The molecule has 0 spiro atoms. The lowest BCUT2D eigenvalue weighted by molar-refractivity contribution is -0.128. The van der Waals surface area contributed by atoms with Crippen LogP contribution in [0, 0.1) is 30.6 Å². The third-order valence-electron chi connectivity index (χ3n) is 8.86. The van der Waals surface area contributed by atoms with Gasteiger partial charge in [-0.05, 0) is 50.2 Å². The van der Waals surface area contributed by atoms with Crippen LogP contribution in [0.25, 0.3) is 11.0 Å². The van der Waals surface area contributed by atoms with Crippen LogP contribution in [0.4, 0.5) is 0 Å². The first-order valence-corrected chi connectivity index (χ1v) is 15.5. The lowest BCUT2D eigenvalue weighted by Crippen LogP contribution is -2.43. The largest absolute Gasteiger partial charge is 0.609 e. The highest BCUT2D eigenvalue weighted by Gasteiger charge is 2.65. The van der Waals surface area contributed by atoms with Crippen molar-refractivity contribution < 1.29 is 27.2 Å². The fourth-order valence-corrected chi connectivity index (χ4v) is 10.3. The van der Waals surface area contributed by atoms with E-state index < -0.39 is 32.0 Å². The molecule has 2 aromatic heterocycles. The number of benzene rings is 1. The first-order valence-electron chi connectivity index (χ1n) is 12.6. The first-order chi connectivity index (χ1) is 17.9. The second-order valence-corrected chi connectivity index (χ2v) is 14.1. The van der Waals surface area contributed by atoms with Gasteiger partial charge in [0.15, 0.2) is 5.75 Å². The number of carbonyl (C=O) groups excluding carboxylic acids is 1. The lowest BCUT2D eigenvalue weighted by Gasteiger charge is -2.36. The zero-order chi connectivity index (χ0) is 27.6. The molecule has 9 nitrogen and oxygen atoms in total. The Morgan fingerprint density at radius 3 is 2.55 bits per heavy atom. The molecule has 0 amide bonds. The summed E-state index contributed by atoms with van der Waals surface area (Å²) in [6, 6.07) is 4.87. The quantitative estimate of drug-likeness (QED) is 0.380. The van der Waals surface area contributed by atoms with Crippen molar-refractivity contribution in [3.8, 4) is 11.5 Å². The molecule has 2 aliphatic carbocycles. The number of imidazole rings is 1. The van der Waals surface area contributed by atoms with Gasteiger partial charge in [-0.15, -0.1) is 0 Å². The molecule has 0 aliphatic heterocycles. The van der Waals surface area contributed by atoms with Crippen LogP contribution >= 0.6 is 0 Å². The number of Topliss-reactive ketones (excluding diaryl/α,β-unsaturated/α-hetero) is 1. The van der Waals surface area contributed by atoms with E-state index in [1.807, 2.05) is 27.7 Å². The molecule has 2 bridgehead atoms. The normalized spacial score (nSPS) is 23.2. The van der Waals surface area contributed by atoms with Gasteiger partial charge in [-0.25, -0.2) is 8.42 Å². The molecule has 11 heteroatoms. The minimum absolute atomic E-state index is 0.00247. The standard InChI is InChI=1S/C27H33N3O6S2/c1-16-13-28-21(17(2)24(16)36-6)14-37(32)25-29-20-12-19(35-5)7-8-22(20)30(25)38(33,34)15-27-10-9-18(11-23(27)31)26(27,3)4/h7-8,12-13,18H,9-11,14-15H2,1-6H3. The van der Waals surface area contributed by atoms with Gasteiger partial charge in [0.1, 0.15) is 17.3 Å². The number of rotatable bonds is 8. The highest BCUT2D eigenvalue weighted by atomic mass is 32.2. The van der Waals surface area contributed by atoms with E-state index in [2.05, 4.69) is 9.97 Å². The van der Waals surface area contributed by atoms with Crippen molar-refractivity contribution in [1.82, 2.24) is 13.9 Å². The molecule has 204 valence electrons. The molecule has 0 radical (unpaired) electrons. The van der Waals surface area contributed by atoms with Crippen molar-refractivity contribution in [2.45, 2.75) is 57.9 Å². The fraction of sp³-hybridized carbons (Fsp3) is 0.519. The minimum atomic E-state index is -4.14. The molecule has 3 unspecified atom stereocenters. The van der Waals surface area contributed by atoms with E-state index in [-0.39, 0.29) is 28.4 Å². The van der Waals surface area contributed by atoms with Gasteiger partial charge in [-0.3, -0.25) is 9.78 Å². The molecule has 2 heterocycles. The number of pyridine rings is 1. The number of nitrogens with zero attached hydrogens (tertiary/aromatic N) is 3. The van der Waals surface area contributed by atoms with E-state index in [0.717, 1.165) is 21.5 Å². The van der Waals surface area contributed by atoms with Gasteiger partial charge in [0.05, 0.1) is 42.1 Å². The third-order valence-corrected chi connectivity index (χ3v) is 12.0. The Balaban J connectivity index is 1.62. The van der Waals surface area contributed by atoms with Crippen LogP contribution < -0.4 is 9.47 Å². The van der Waals surface area contributed by atoms with Crippen molar-refractivity contribution in [2.24, 2.45) is 16.7 Å². The number of hydrogen-bond acceptors (Lipinski definition) is 8. The lowest BCUT2D eigenvalue weighted by atomic mass is 9.70. The summed E-state index contributed by atoms with van der Waals surface area (Å²) in [5, 5.41) is -0.0943. The summed E-state index contributed by atoms with van der Waals surface area (Å²) in [5.41, 5.74) is 1.36. The second kappa shape index (κ2) is 9.24. The van der Waals surface area contributed by atoms with E-state index >= 15 is 0 Å². The Labute approximate surface area is 226 Å². The Morgan fingerprint density at radius 2 is 1.95 bits per heavy atom. The minimum Gasteiger partial charge on any atom is -0.609 e. The average molecular weight is 560 g/mol. The van der Waals surface area contributed by atoms with Gasteiger partial charge >= 0.3 is 5.16 Å². The summed E-state index contributed by atoms with van der Waals surface area (Å²) in [6.07, 6.45) is 3.42. The van der Waals surface area contributed by atoms with Crippen LogP contribution in [0.3, 0.4) is 0 Å². The van der Waals surface area contributed by atoms with Gasteiger partial charge in [0, 0.05) is 41.0 Å². The Bertz CT molecular complexity index is 1550. The maximum Gasteiger partial charge on any atom is 0.338 e. The molecule has 2 fully saturated rings. The van der Waals surface area contributed by atoms with Crippen LogP contribution in [-0.4, -0.2) is 52.7 Å². The maximum atomic E-state index is 14.2. The van der Waals surface area contributed by atoms with Crippen LogP contribution in [0.5, 0.6) is 11.5 Å². The zero-order valence-corrected chi connectivity index (χ0v) is 24.2. The SMILES string of the molecule is COc1ccc2c(c1)nc([S+]([O-])Cc1ncc(C)c(OC)c1C)n2S(=O)(=O)CC12CCC(CC1=O)C2(C)C. The molecule has 0 N–H and O–H groups in total. The number of fused-ring (bicyclic) bond motifs is 3. The molecule has 2 aliphatic rings. The molecule has 0 saturated heterocycles. The van der Waals surface area contributed by atoms with Crippen molar-refractivity contribution in [2.75, 3.05) is 20.0 Å². The summed E-state index contributed by atoms with van der Waals surface area (Å²) in [4.78, 5) is 22.1. The number of hydrogen-bond donors (Lipinski definition) is 0. The summed E-state index contributed by atoms with van der Waals surface area (Å²) in [5.74, 6) is 0.933. The zero-order valence-electron chi connectivity index (χ0n) is 22.5. The predicted molar refractivity (Wildman–Crippen MR) is 144 cm³/mol. The summed E-state index contributed by atoms with van der Waals surface area (Å²) < 4.78 is 54.1. The van der Waals surface area contributed by atoms with E-state index in [9.17, 15) is 17.8 Å². The van der Waals surface area contributed by atoms with E-state index in [1.165, 1.54) is 7.11 Å². The van der Waals surface area contributed by atoms with E-state index in [0.29, 0.717) is 41.1 Å². The Kier molecular flexibility index (Phi) is 6.55. The number of ether oxygens (including phenoxy) is 2. The fourth-order valence-electron chi connectivity index (χ4n) is 6.44. The molecular weight excluding hydrogens is 526 g/mol. The van der Waals surface area contributed by atoms with Gasteiger partial charge < -0.3 is 14.0 Å². The van der Waals surface area contributed by atoms with Crippen LogP contribution in [0.2, 0.25) is 0 Å². The molecule has 5 rings (SSSR count). The molecular formula is C27H33N3O6S2. The summed E-state index contributed by atoms with van der Waals surface area (Å²) >= 11 is -1.87. The number of carbonyl (C=O) groups is 1. The van der Waals surface area contributed by atoms with Crippen LogP contribution in [0.15, 0.2) is 29.6 Å². The van der Waals surface area contributed by atoms with Gasteiger partial charge in [-0.1, -0.05) is 13.8 Å². The Hall–Kier alpha value is -2.63. The topological polar surface area (TPSA) is 123 Å². The highest BCUT2D eigenvalue weighted by Crippen LogP contribution is 2.64.